The van der Waals surface area contributed by atoms with E-state index in [9.17, 15) is 8.42 Å². The highest BCUT2D eigenvalue weighted by Crippen LogP contribution is 2.28. The lowest BCUT2D eigenvalue weighted by molar-refractivity contribution is 0.416. The maximum atomic E-state index is 12.3. The molecule has 9 heteroatoms. The summed E-state index contributed by atoms with van der Waals surface area (Å²) in [7, 11) is -2.07. The van der Waals surface area contributed by atoms with E-state index in [0.29, 0.717) is 37.6 Å². The molecular formula is C17H21ClN4O3S. The molecule has 1 atom stereocenters. The Hall–Kier alpha value is -2.03. The van der Waals surface area contributed by atoms with Crippen LogP contribution in [0.3, 0.4) is 0 Å². The maximum absolute atomic E-state index is 12.3. The first kappa shape index (κ1) is 18.8. The smallest absolute Gasteiger partial charge is 0.285 e. The number of ether oxygens (including phenoxy) is 1. The van der Waals surface area contributed by atoms with Crippen molar-refractivity contribution in [2.45, 2.75) is 11.8 Å². The van der Waals surface area contributed by atoms with E-state index in [1.165, 1.54) is 6.08 Å². The minimum Gasteiger partial charge on any atom is -0.495 e. The Balaban J connectivity index is 1.52. The van der Waals surface area contributed by atoms with E-state index < -0.39 is 10.0 Å². The highest BCUT2D eigenvalue weighted by atomic mass is 35.5. The number of halogens is 1. The number of rotatable bonds is 7. The molecule has 0 bridgehead atoms. The number of alkyl halides is 1. The minimum atomic E-state index is -3.70. The Morgan fingerprint density at radius 3 is 2.96 bits per heavy atom. The molecule has 0 fully saturated rings. The van der Waals surface area contributed by atoms with Crippen molar-refractivity contribution >= 4 is 33.1 Å². The van der Waals surface area contributed by atoms with E-state index in [4.69, 9.17) is 16.3 Å². The van der Waals surface area contributed by atoms with Crippen molar-refractivity contribution in [3.63, 3.8) is 0 Å². The van der Waals surface area contributed by atoms with Crippen LogP contribution in [-0.2, 0) is 10.0 Å². The molecule has 26 heavy (non-hydrogen) atoms. The molecule has 1 heterocycles. The number of allylic oxidation sites excluding steroid dienone is 2. The highest BCUT2D eigenvalue weighted by molar-refractivity contribution is 7.94. The summed E-state index contributed by atoms with van der Waals surface area (Å²) in [6, 6.07) is 7.66. The first-order valence-corrected chi connectivity index (χ1v) is 10.1. The molecule has 0 saturated carbocycles. The van der Waals surface area contributed by atoms with Crippen molar-refractivity contribution in [2.75, 3.05) is 32.1 Å². The van der Waals surface area contributed by atoms with Crippen LogP contribution in [0.2, 0.25) is 0 Å². The van der Waals surface area contributed by atoms with Gasteiger partial charge in [-0.3, -0.25) is 0 Å². The van der Waals surface area contributed by atoms with E-state index in [0.717, 1.165) is 11.4 Å². The number of methoxy groups -OCH3 is 1. The van der Waals surface area contributed by atoms with Gasteiger partial charge >= 0.3 is 0 Å². The molecule has 7 nitrogen and oxygen atoms in total. The zero-order chi connectivity index (χ0) is 18.6. The summed E-state index contributed by atoms with van der Waals surface area (Å²) in [5.74, 6) is 1.15. The molecule has 3 N–H and O–H groups in total. The van der Waals surface area contributed by atoms with Crippen molar-refractivity contribution in [1.82, 2.24) is 10.6 Å². The fourth-order valence-electron chi connectivity index (χ4n) is 2.72. The number of para-hydroxylation sites is 2. The molecule has 1 aliphatic carbocycles. The molecule has 1 aliphatic heterocycles. The Kier molecular flexibility index (Phi) is 5.85. The molecule has 3 rings (SSSR count). The average Bonchev–Trinajstić information content (AvgIpc) is 2.62. The fourth-order valence-corrected chi connectivity index (χ4v) is 4.26. The monoisotopic (exact) mass is 396 g/mol. The van der Waals surface area contributed by atoms with E-state index in [-0.39, 0.29) is 10.3 Å². The number of nitrogens with one attached hydrogen (secondary N) is 3. The van der Waals surface area contributed by atoms with Gasteiger partial charge in [0.2, 0.25) is 0 Å². The molecule has 1 unspecified atom stereocenters. The third-order valence-corrected chi connectivity index (χ3v) is 5.63. The van der Waals surface area contributed by atoms with Crippen LogP contribution < -0.4 is 20.7 Å². The van der Waals surface area contributed by atoms with E-state index >= 15 is 0 Å². The van der Waals surface area contributed by atoms with Gasteiger partial charge in [0.1, 0.15) is 16.5 Å². The largest absolute Gasteiger partial charge is 0.495 e. The van der Waals surface area contributed by atoms with Crippen LogP contribution in [0.4, 0.5) is 5.69 Å². The Labute approximate surface area is 158 Å². The number of sulfonamides is 1. The molecule has 1 aromatic rings. The highest BCUT2D eigenvalue weighted by Gasteiger charge is 2.30. The van der Waals surface area contributed by atoms with Gasteiger partial charge < -0.3 is 20.7 Å². The molecule has 140 valence electrons. The van der Waals surface area contributed by atoms with Gasteiger partial charge in [-0.25, -0.2) is 0 Å². The molecule has 0 spiro atoms. The predicted octanol–water partition coefficient (Wildman–Crippen LogP) is 1.81. The number of anilines is 1. The van der Waals surface area contributed by atoms with Gasteiger partial charge in [-0.2, -0.15) is 8.42 Å². The second-order valence-electron chi connectivity index (χ2n) is 5.84. The van der Waals surface area contributed by atoms with E-state index in [2.05, 4.69) is 20.3 Å². The Bertz CT molecular complexity index is 865. The van der Waals surface area contributed by atoms with Crippen molar-refractivity contribution < 1.29 is 13.2 Å². The SMILES string of the molecule is COc1ccccc1NCCNCC1=NS(=O)(=O)C2=CC(Cl)CC=C2N1. The number of amidine groups is 1. The van der Waals surface area contributed by atoms with Crippen LogP contribution in [0, 0.1) is 0 Å². The maximum Gasteiger partial charge on any atom is 0.285 e. The van der Waals surface area contributed by atoms with Crippen molar-refractivity contribution in [3.05, 3.63) is 47.0 Å². The zero-order valence-corrected chi connectivity index (χ0v) is 15.9. The van der Waals surface area contributed by atoms with Crippen molar-refractivity contribution in [3.8, 4) is 5.75 Å². The van der Waals surface area contributed by atoms with Gasteiger partial charge in [0, 0.05) is 13.1 Å². The lowest BCUT2D eigenvalue weighted by atomic mass is 10.1. The normalized spacial score (nSPS) is 20.8. The molecule has 2 aliphatic rings. The van der Waals surface area contributed by atoms with Crippen LogP contribution in [0.15, 0.2) is 51.4 Å². The molecule has 1 aromatic carbocycles. The molecule has 0 amide bonds. The molecule has 0 saturated heterocycles. The summed E-state index contributed by atoms with van der Waals surface area (Å²) >= 11 is 6.00. The van der Waals surface area contributed by atoms with Gasteiger partial charge in [-0.05, 0) is 24.6 Å². The molecular weight excluding hydrogens is 376 g/mol. The second kappa shape index (κ2) is 8.11. The minimum absolute atomic E-state index is 0.158. The van der Waals surface area contributed by atoms with Crippen LogP contribution in [0.5, 0.6) is 5.75 Å². The number of hydrogen-bond donors (Lipinski definition) is 3. The number of hydrogen-bond acceptors (Lipinski definition) is 6. The van der Waals surface area contributed by atoms with E-state index in [1.54, 1.807) is 13.2 Å². The Morgan fingerprint density at radius 1 is 1.35 bits per heavy atom. The quantitative estimate of drug-likeness (QED) is 0.481. The summed E-state index contributed by atoms with van der Waals surface area (Å²) in [5.41, 5.74) is 1.46. The number of nitrogens with zero attached hydrogens (tertiary/aromatic N) is 1. The van der Waals surface area contributed by atoms with Gasteiger partial charge in [-0.1, -0.05) is 18.2 Å². The zero-order valence-electron chi connectivity index (χ0n) is 14.3. The number of benzene rings is 1. The number of fused-ring (bicyclic) bond motifs is 1. The van der Waals surface area contributed by atoms with Gasteiger partial charge in [-0.15, -0.1) is 16.0 Å². The topological polar surface area (TPSA) is 91.8 Å². The van der Waals surface area contributed by atoms with E-state index in [1.807, 2.05) is 24.3 Å². The van der Waals surface area contributed by atoms with Crippen LogP contribution >= 0.6 is 11.6 Å². The summed E-state index contributed by atoms with van der Waals surface area (Å²) < 4.78 is 33.6. The van der Waals surface area contributed by atoms with Crippen LogP contribution in [-0.4, -0.2) is 46.4 Å². The fraction of sp³-hybridized carbons (Fsp3) is 0.353. The summed E-state index contributed by atoms with van der Waals surface area (Å²) in [5, 5.41) is 9.18. The lowest BCUT2D eigenvalue weighted by Crippen LogP contribution is -2.40. The van der Waals surface area contributed by atoms with Gasteiger partial charge in [0.15, 0.2) is 0 Å². The average molecular weight is 397 g/mol. The summed E-state index contributed by atoms with van der Waals surface area (Å²) in [6.45, 7) is 1.61. The van der Waals surface area contributed by atoms with Crippen molar-refractivity contribution in [2.24, 2.45) is 4.40 Å². The third kappa shape index (κ3) is 4.38. The van der Waals surface area contributed by atoms with Crippen LogP contribution in [0.25, 0.3) is 0 Å². The first-order valence-electron chi connectivity index (χ1n) is 8.24. The molecule has 0 radical (unpaired) electrons. The van der Waals surface area contributed by atoms with Gasteiger partial charge in [0.05, 0.1) is 30.4 Å². The standard InChI is InChI=1S/C17H21ClN4O3S/c1-25-15-5-3-2-4-13(15)20-9-8-19-11-17-21-14-7-6-12(18)10-16(14)26(23,24)22-17/h2-5,7,10,12,19-20H,6,8-9,11H2,1H3,(H,21,22). The second-order valence-corrected chi connectivity index (χ2v) is 7.98. The van der Waals surface area contributed by atoms with Crippen molar-refractivity contribution in [1.29, 1.82) is 0 Å². The summed E-state index contributed by atoms with van der Waals surface area (Å²) in [6.07, 6.45) is 3.92. The Morgan fingerprint density at radius 2 is 2.15 bits per heavy atom. The first-order chi connectivity index (χ1) is 12.5. The lowest BCUT2D eigenvalue weighted by Gasteiger charge is -2.24. The predicted molar refractivity (Wildman–Crippen MR) is 104 cm³/mol. The van der Waals surface area contributed by atoms with Crippen LogP contribution in [0.1, 0.15) is 6.42 Å². The molecule has 0 aromatic heterocycles. The van der Waals surface area contributed by atoms with Gasteiger partial charge in [0.25, 0.3) is 10.0 Å². The summed E-state index contributed by atoms with van der Waals surface area (Å²) in [4.78, 5) is 0.158. The third-order valence-electron chi connectivity index (χ3n) is 3.95.